The van der Waals surface area contributed by atoms with Crippen LogP contribution in [0.15, 0.2) is 18.2 Å². The Balaban J connectivity index is 0.00000361. The summed E-state index contributed by atoms with van der Waals surface area (Å²) in [5, 5.41) is 6.15. The molecule has 2 N–H and O–H groups in total. The smallest absolute Gasteiger partial charge is 0.224 e. The molecule has 5 heteroatoms. The number of methoxy groups -OCH3 is 1. The summed E-state index contributed by atoms with van der Waals surface area (Å²) in [7, 11) is 1.64. The van der Waals surface area contributed by atoms with Crippen molar-refractivity contribution in [2.24, 2.45) is 0 Å². The second-order valence-corrected chi connectivity index (χ2v) is 4.58. The zero-order valence-corrected chi connectivity index (χ0v) is 13.3. The summed E-state index contributed by atoms with van der Waals surface area (Å²) >= 11 is 0. The maximum Gasteiger partial charge on any atom is 0.224 e. The second-order valence-electron chi connectivity index (χ2n) is 4.58. The number of nitrogens with one attached hydrogen (secondary N) is 2. The molecule has 0 saturated carbocycles. The minimum Gasteiger partial charge on any atom is -0.496 e. The molecule has 0 spiro atoms. The quantitative estimate of drug-likeness (QED) is 0.723. The van der Waals surface area contributed by atoms with Crippen LogP contribution < -0.4 is 15.4 Å². The predicted octanol–water partition coefficient (Wildman–Crippen LogP) is 2.08. The molecule has 114 valence electrons. The molecule has 0 unspecified atom stereocenters. The topological polar surface area (TPSA) is 50.4 Å². The lowest BCUT2D eigenvalue weighted by atomic mass is 10.1. The molecule has 1 rings (SSSR count). The third-order valence-electron chi connectivity index (χ3n) is 2.89. The maximum atomic E-state index is 11.7. The molecule has 1 aromatic carbocycles. The van der Waals surface area contributed by atoms with E-state index in [1.807, 2.05) is 25.1 Å². The SMILES string of the molecule is CCCNCCNC(=O)Cc1ccc(C)c(OC)c1.Cl. The van der Waals surface area contributed by atoms with Gasteiger partial charge in [0.1, 0.15) is 5.75 Å². The van der Waals surface area contributed by atoms with Gasteiger partial charge in [0.05, 0.1) is 13.5 Å². The van der Waals surface area contributed by atoms with Gasteiger partial charge < -0.3 is 15.4 Å². The number of rotatable bonds is 8. The molecule has 0 aliphatic rings. The van der Waals surface area contributed by atoms with E-state index < -0.39 is 0 Å². The zero-order valence-electron chi connectivity index (χ0n) is 12.5. The van der Waals surface area contributed by atoms with E-state index in [4.69, 9.17) is 4.74 Å². The molecule has 0 aliphatic carbocycles. The van der Waals surface area contributed by atoms with Crippen LogP contribution in [0.25, 0.3) is 0 Å². The Hall–Kier alpha value is -1.26. The van der Waals surface area contributed by atoms with E-state index in [0.717, 1.165) is 36.4 Å². The van der Waals surface area contributed by atoms with Crippen LogP contribution in [0.5, 0.6) is 5.75 Å². The van der Waals surface area contributed by atoms with Crippen molar-refractivity contribution >= 4 is 18.3 Å². The van der Waals surface area contributed by atoms with Gasteiger partial charge in [0, 0.05) is 13.1 Å². The fourth-order valence-electron chi connectivity index (χ4n) is 1.81. The molecule has 4 nitrogen and oxygen atoms in total. The highest BCUT2D eigenvalue weighted by atomic mass is 35.5. The first-order valence-corrected chi connectivity index (χ1v) is 6.78. The van der Waals surface area contributed by atoms with Crippen LogP contribution in [0.2, 0.25) is 0 Å². The number of hydrogen-bond acceptors (Lipinski definition) is 3. The van der Waals surface area contributed by atoms with Gasteiger partial charge in [0.15, 0.2) is 0 Å². The Morgan fingerprint density at radius 3 is 2.65 bits per heavy atom. The third kappa shape index (κ3) is 6.78. The largest absolute Gasteiger partial charge is 0.496 e. The molecule has 0 saturated heterocycles. The van der Waals surface area contributed by atoms with Crippen LogP contribution in [0.1, 0.15) is 24.5 Å². The molecule has 1 amide bonds. The van der Waals surface area contributed by atoms with E-state index in [0.29, 0.717) is 13.0 Å². The summed E-state index contributed by atoms with van der Waals surface area (Å²) in [6, 6.07) is 5.86. The molecule has 1 aromatic rings. The first-order chi connectivity index (χ1) is 9.17. The summed E-state index contributed by atoms with van der Waals surface area (Å²) < 4.78 is 5.25. The Kier molecular flexibility index (Phi) is 9.86. The first kappa shape index (κ1) is 18.7. The molecule has 0 aliphatic heterocycles. The summed E-state index contributed by atoms with van der Waals surface area (Å²) in [5.41, 5.74) is 2.05. The molecular weight excluding hydrogens is 276 g/mol. The number of benzene rings is 1. The first-order valence-electron chi connectivity index (χ1n) is 6.78. The molecule has 0 radical (unpaired) electrons. The van der Waals surface area contributed by atoms with E-state index in [-0.39, 0.29) is 18.3 Å². The predicted molar refractivity (Wildman–Crippen MR) is 84.9 cm³/mol. The minimum atomic E-state index is 0. The summed E-state index contributed by atoms with van der Waals surface area (Å²) in [6.07, 6.45) is 1.50. The molecule has 0 atom stereocenters. The summed E-state index contributed by atoms with van der Waals surface area (Å²) in [4.78, 5) is 11.7. The van der Waals surface area contributed by atoms with Crippen LogP contribution >= 0.6 is 12.4 Å². The lowest BCUT2D eigenvalue weighted by Crippen LogP contribution is -2.33. The van der Waals surface area contributed by atoms with Gasteiger partial charge in [-0.3, -0.25) is 4.79 Å². The summed E-state index contributed by atoms with van der Waals surface area (Å²) in [5.74, 6) is 0.874. The molecule has 0 fully saturated rings. The van der Waals surface area contributed by atoms with Crippen LogP contribution in [-0.2, 0) is 11.2 Å². The van der Waals surface area contributed by atoms with Gasteiger partial charge in [-0.2, -0.15) is 0 Å². The van der Waals surface area contributed by atoms with Crippen molar-refractivity contribution in [2.75, 3.05) is 26.7 Å². The van der Waals surface area contributed by atoms with E-state index in [1.54, 1.807) is 7.11 Å². The highest BCUT2D eigenvalue weighted by molar-refractivity contribution is 5.85. The van der Waals surface area contributed by atoms with Gasteiger partial charge >= 0.3 is 0 Å². The Labute approximate surface area is 127 Å². The van der Waals surface area contributed by atoms with E-state index in [9.17, 15) is 4.79 Å². The average molecular weight is 301 g/mol. The van der Waals surface area contributed by atoms with Gasteiger partial charge in [0.2, 0.25) is 5.91 Å². The average Bonchev–Trinajstić information content (AvgIpc) is 2.40. The standard InChI is InChI=1S/C15H24N2O2.ClH/c1-4-7-16-8-9-17-15(18)11-13-6-5-12(2)14(10-13)19-3;/h5-6,10,16H,4,7-9,11H2,1-3H3,(H,17,18);1H. The van der Waals surface area contributed by atoms with E-state index in [2.05, 4.69) is 17.6 Å². The molecule has 0 aromatic heterocycles. The van der Waals surface area contributed by atoms with Crippen LogP contribution in [-0.4, -0.2) is 32.7 Å². The number of carbonyl (C=O) groups is 1. The summed E-state index contributed by atoms with van der Waals surface area (Å²) in [6.45, 7) is 6.59. The minimum absolute atomic E-state index is 0. The number of aryl methyl sites for hydroxylation is 1. The van der Waals surface area contributed by atoms with Gasteiger partial charge in [-0.05, 0) is 37.1 Å². The lowest BCUT2D eigenvalue weighted by molar-refractivity contribution is -0.120. The highest BCUT2D eigenvalue weighted by Crippen LogP contribution is 2.19. The monoisotopic (exact) mass is 300 g/mol. The van der Waals surface area contributed by atoms with Crippen molar-refractivity contribution < 1.29 is 9.53 Å². The molecule has 0 heterocycles. The Bertz CT molecular complexity index is 411. The van der Waals surface area contributed by atoms with Crippen molar-refractivity contribution in [3.8, 4) is 5.75 Å². The van der Waals surface area contributed by atoms with Crippen molar-refractivity contribution in [1.29, 1.82) is 0 Å². The number of halogens is 1. The lowest BCUT2D eigenvalue weighted by Gasteiger charge is -2.09. The van der Waals surface area contributed by atoms with Crippen molar-refractivity contribution in [2.45, 2.75) is 26.7 Å². The zero-order chi connectivity index (χ0) is 14.1. The van der Waals surface area contributed by atoms with Crippen molar-refractivity contribution in [1.82, 2.24) is 10.6 Å². The van der Waals surface area contributed by atoms with Gasteiger partial charge in [-0.15, -0.1) is 12.4 Å². The number of hydrogen-bond donors (Lipinski definition) is 2. The Morgan fingerprint density at radius 1 is 1.25 bits per heavy atom. The fraction of sp³-hybridized carbons (Fsp3) is 0.533. The van der Waals surface area contributed by atoms with Crippen LogP contribution in [0, 0.1) is 6.92 Å². The second kappa shape index (κ2) is 10.5. The highest BCUT2D eigenvalue weighted by Gasteiger charge is 2.05. The Morgan fingerprint density at radius 2 is 2.00 bits per heavy atom. The third-order valence-corrected chi connectivity index (χ3v) is 2.89. The molecule has 20 heavy (non-hydrogen) atoms. The van der Waals surface area contributed by atoms with Crippen molar-refractivity contribution in [3.05, 3.63) is 29.3 Å². The number of ether oxygens (including phenoxy) is 1. The van der Waals surface area contributed by atoms with Gasteiger partial charge in [-0.1, -0.05) is 19.1 Å². The molecule has 0 bridgehead atoms. The van der Waals surface area contributed by atoms with Gasteiger partial charge in [-0.25, -0.2) is 0 Å². The number of carbonyl (C=O) groups excluding carboxylic acids is 1. The normalized spacial score (nSPS) is 9.75. The van der Waals surface area contributed by atoms with Crippen LogP contribution in [0.4, 0.5) is 0 Å². The fourth-order valence-corrected chi connectivity index (χ4v) is 1.81. The van der Waals surface area contributed by atoms with Crippen molar-refractivity contribution in [3.63, 3.8) is 0 Å². The van der Waals surface area contributed by atoms with Gasteiger partial charge in [0.25, 0.3) is 0 Å². The maximum absolute atomic E-state index is 11.7. The van der Waals surface area contributed by atoms with Crippen LogP contribution in [0.3, 0.4) is 0 Å². The molecular formula is C15H25ClN2O2. The van der Waals surface area contributed by atoms with E-state index >= 15 is 0 Å². The number of amides is 1. The van der Waals surface area contributed by atoms with E-state index in [1.165, 1.54) is 0 Å².